The van der Waals surface area contributed by atoms with Gasteiger partial charge >= 0.3 is 0 Å². The Bertz CT molecular complexity index is 254. The van der Waals surface area contributed by atoms with Crippen LogP contribution >= 0.6 is 0 Å². The quantitative estimate of drug-likeness (QED) is 0.597. The van der Waals surface area contributed by atoms with Gasteiger partial charge in [0.1, 0.15) is 5.78 Å². The predicted octanol–water partition coefficient (Wildman–Crippen LogP) is 5.81. The van der Waals surface area contributed by atoms with E-state index in [2.05, 4.69) is 19.6 Å². The van der Waals surface area contributed by atoms with E-state index in [1.807, 2.05) is 0 Å². The highest BCUT2D eigenvalue weighted by Gasteiger charge is 2.21. The zero-order valence-electron chi connectivity index (χ0n) is 13.5. The maximum atomic E-state index is 12.4. The SMILES string of the molecule is C[Si](C)(C)CCC1CCCCCCCCCCC1=O. The summed E-state index contributed by atoms with van der Waals surface area (Å²) in [6.07, 6.45) is 13.8. The summed E-state index contributed by atoms with van der Waals surface area (Å²) in [7, 11) is -0.993. The molecule has 1 atom stereocenters. The minimum Gasteiger partial charge on any atom is -0.299 e. The van der Waals surface area contributed by atoms with Crippen molar-refractivity contribution < 1.29 is 4.79 Å². The third kappa shape index (κ3) is 8.62. The molecule has 0 spiro atoms. The fourth-order valence-corrected chi connectivity index (χ4v) is 4.24. The zero-order chi connectivity index (χ0) is 14.1. The van der Waals surface area contributed by atoms with E-state index in [-0.39, 0.29) is 0 Å². The molecule has 1 unspecified atom stereocenters. The van der Waals surface area contributed by atoms with Crippen LogP contribution in [0.4, 0.5) is 0 Å². The molecule has 0 heterocycles. The van der Waals surface area contributed by atoms with E-state index in [9.17, 15) is 4.79 Å². The Balaban J connectivity index is 2.44. The van der Waals surface area contributed by atoms with Crippen LogP contribution in [0.1, 0.15) is 70.6 Å². The average molecular weight is 283 g/mol. The topological polar surface area (TPSA) is 17.1 Å². The van der Waals surface area contributed by atoms with Gasteiger partial charge in [-0.05, 0) is 19.3 Å². The smallest absolute Gasteiger partial charge is 0.135 e. The fourth-order valence-electron chi connectivity index (χ4n) is 3.03. The molecule has 0 saturated heterocycles. The van der Waals surface area contributed by atoms with Gasteiger partial charge in [0.05, 0.1) is 0 Å². The summed E-state index contributed by atoms with van der Waals surface area (Å²) in [4.78, 5) is 12.4. The van der Waals surface area contributed by atoms with Crippen molar-refractivity contribution in [2.24, 2.45) is 5.92 Å². The molecule has 0 bridgehead atoms. The summed E-state index contributed by atoms with van der Waals surface area (Å²) in [6.45, 7) is 7.27. The molecule has 112 valence electrons. The van der Waals surface area contributed by atoms with Crippen LogP contribution in [-0.4, -0.2) is 13.9 Å². The first-order valence-corrected chi connectivity index (χ1v) is 12.2. The van der Waals surface area contributed by atoms with Crippen molar-refractivity contribution >= 4 is 13.9 Å². The molecule has 0 aromatic heterocycles. The summed E-state index contributed by atoms with van der Waals surface area (Å²) >= 11 is 0. The maximum Gasteiger partial charge on any atom is 0.135 e. The highest BCUT2D eigenvalue weighted by atomic mass is 28.3. The molecular weight excluding hydrogens is 248 g/mol. The predicted molar refractivity (Wildman–Crippen MR) is 87.4 cm³/mol. The van der Waals surface area contributed by atoms with Crippen LogP contribution < -0.4 is 0 Å². The molecule has 1 nitrogen and oxygen atoms in total. The monoisotopic (exact) mass is 282 g/mol. The van der Waals surface area contributed by atoms with E-state index in [1.165, 1.54) is 63.8 Å². The minimum atomic E-state index is -0.993. The van der Waals surface area contributed by atoms with Gasteiger partial charge in [-0.3, -0.25) is 4.79 Å². The van der Waals surface area contributed by atoms with E-state index in [0.717, 1.165) is 12.8 Å². The van der Waals surface area contributed by atoms with Crippen LogP contribution in [0.25, 0.3) is 0 Å². The lowest BCUT2D eigenvalue weighted by Crippen LogP contribution is -2.23. The molecule has 0 aromatic carbocycles. The summed E-state index contributed by atoms with van der Waals surface area (Å²) in [5.74, 6) is 0.977. The number of Topliss-reactive ketones (excluding diaryl/α,β-unsaturated/α-hetero) is 1. The van der Waals surface area contributed by atoms with Crippen molar-refractivity contribution in [2.75, 3.05) is 0 Å². The molecule has 1 aliphatic rings. The molecule has 0 radical (unpaired) electrons. The molecule has 2 heteroatoms. The summed E-state index contributed by atoms with van der Waals surface area (Å²) in [5, 5.41) is 0. The lowest BCUT2D eigenvalue weighted by atomic mass is 9.90. The van der Waals surface area contributed by atoms with Gasteiger partial charge in [-0.1, -0.05) is 70.6 Å². The lowest BCUT2D eigenvalue weighted by molar-refractivity contribution is -0.123. The second-order valence-electron chi connectivity index (χ2n) is 7.63. The minimum absolute atomic E-state index is 0.395. The summed E-state index contributed by atoms with van der Waals surface area (Å²) < 4.78 is 0. The fraction of sp³-hybridized carbons (Fsp3) is 0.941. The van der Waals surface area contributed by atoms with E-state index >= 15 is 0 Å². The van der Waals surface area contributed by atoms with E-state index in [4.69, 9.17) is 0 Å². The van der Waals surface area contributed by atoms with Crippen LogP contribution in [0.15, 0.2) is 0 Å². The molecule has 19 heavy (non-hydrogen) atoms. The van der Waals surface area contributed by atoms with Gasteiger partial charge in [-0.15, -0.1) is 0 Å². The van der Waals surface area contributed by atoms with E-state index in [0.29, 0.717) is 11.7 Å². The number of rotatable bonds is 3. The Morgan fingerprint density at radius 1 is 0.895 bits per heavy atom. The first-order chi connectivity index (χ1) is 8.99. The Morgan fingerprint density at radius 2 is 1.42 bits per heavy atom. The Kier molecular flexibility index (Phi) is 7.97. The van der Waals surface area contributed by atoms with Crippen LogP contribution in [0.3, 0.4) is 0 Å². The normalized spacial score (nSPS) is 24.6. The van der Waals surface area contributed by atoms with Crippen molar-refractivity contribution in [3.05, 3.63) is 0 Å². The highest BCUT2D eigenvalue weighted by Crippen LogP contribution is 2.25. The average Bonchev–Trinajstić information content (AvgIpc) is 2.31. The maximum absolute atomic E-state index is 12.4. The van der Waals surface area contributed by atoms with Gasteiger partial charge in [0.15, 0.2) is 0 Å². The van der Waals surface area contributed by atoms with Crippen molar-refractivity contribution in [1.82, 2.24) is 0 Å². The van der Waals surface area contributed by atoms with Crippen LogP contribution in [0.2, 0.25) is 25.7 Å². The van der Waals surface area contributed by atoms with Crippen LogP contribution in [0, 0.1) is 5.92 Å². The van der Waals surface area contributed by atoms with Crippen molar-refractivity contribution in [3.8, 4) is 0 Å². The second kappa shape index (κ2) is 8.94. The van der Waals surface area contributed by atoms with Gasteiger partial charge in [0.25, 0.3) is 0 Å². The molecule has 0 amide bonds. The van der Waals surface area contributed by atoms with Crippen molar-refractivity contribution in [2.45, 2.75) is 96.3 Å². The summed E-state index contributed by atoms with van der Waals surface area (Å²) in [5.41, 5.74) is 0. The number of hydrogen-bond acceptors (Lipinski definition) is 1. The molecule has 0 aliphatic heterocycles. The van der Waals surface area contributed by atoms with Gasteiger partial charge < -0.3 is 0 Å². The summed E-state index contributed by atoms with van der Waals surface area (Å²) in [6, 6.07) is 1.32. The number of ketones is 1. The molecule has 1 aliphatic carbocycles. The standard InChI is InChI=1S/C17H34OSi/c1-19(2,3)15-14-16-12-10-8-6-4-5-7-9-11-13-17(16)18/h16H,4-15H2,1-3H3. The lowest BCUT2D eigenvalue weighted by Gasteiger charge is -2.21. The van der Waals surface area contributed by atoms with Crippen molar-refractivity contribution in [1.29, 1.82) is 0 Å². The number of carbonyl (C=O) groups excluding carboxylic acids is 1. The molecule has 1 saturated carbocycles. The Labute approximate surface area is 121 Å². The van der Waals surface area contributed by atoms with E-state index in [1.54, 1.807) is 0 Å². The Morgan fingerprint density at radius 3 is 2.00 bits per heavy atom. The van der Waals surface area contributed by atoms with Gasteiger partial charge in [0, 0.05) is 20.4 Å². The van der Waals surface area contributed by atoms with Crippen molar-refractivity contribution in [3.63, 3.8) is 0 Å². The van der Waals surface area contributed by atoms with Gasteiger partial charge in [-0.2, -0.15) is 0 Å². The molecule has 1 rings (SSSR count). The van der Waals surface area contributed by atoms with E-state index < -0.39 is 8.07 Å². The number of hydrogen-bond donors (Lipinski definition) is 0. The van der Waals surface area contributed by atoms with Gasteiger partial charge in [0.2, 0.25) is 0 Å². The molecule has 1 fully saturated rings. The molecular formula is C17H34OSi. The highest BCUT2D eigenvalue weighted by molar-refractivity contribution is 6.76. The zero-order valence-corrected chi connectivity index (χ0v) is 14.5. The largest absolute Gasteiger partial charge is 0.299 e. The van der Waals surface area contributed by atoms with Gasteiger partial charge in [-0.25, -0.2) is 0 Å². The first-order valence-electron chi connectivity index (χ1n) is 8.52. The Hall–Kier alpha value is -0.113. The number of carbonyl (C=O) groups is 1. The van der Waals surface area contributed by atoms with Crippen LogP contribution in [0.5, 0.6) is 0 Å². The van der Waals surface area contributed by atoms with Crippen LogP contribution in [-0.2, 0) is 4.79 Å². The first kappa shape index (κ1) is 16.9. The molecule has 0 N–H and O–H groups in total. The third-order valence-corrected chi connectivity index (χ3v) is 6.21. The molecule has 0 aromatic rings. The third-order valence-electron chi connectivity index (χ3n) is 4.42. The second-order valence-corrected chi connectivity index (χ2v) is 13.3.